The van der Waals surface area contributed by atoms with E-state index in [1.807, 2.05) is 6.08 Å². The van der Waals surface area contributed by atoms with Crippen LogP contribution in [0.25, 0.3) is 0 Å². The van der Waals surface area contributed by atoms with E-state index < -0.39 is 22.7 Å². The van der Waals surface area contributed by atoms with Crippen LogP contribution >= 0.6 is 35.0 Å². The number of nitrogens with zero attached hydrogens (tertiary/aromatic N) is 1. The third-order valence-corrected chi connectivity index (χ3v) is 8.08. The van der Waals surface area contributed by atoms with Crippen LogP contribution in [0.3, 0.4) is 0 Å². The van der Waals surface area contributed by atoms with Gasteiger partial charge in [0.2, 0.25) is 5.91 Å². The Labute approximate surface area is 189 Å². The Kier molecular flexibility index (Phi) is 6.08. The Morgan fingerprint density at radius 2 is 2.10 bits per heavy atom. The summed E-state index contributed by atoms with van der Waals surface area (Å²) in [5, 5.41) is 14.4. The van der Waals surface area contributed by atoms with Crippen molar-refractivity contribution in [3.8, 4) is 0 Å². The molecule has 4 rings (SSSR count). The van der Waals surface area contributed by atoms with Gasteiger partial charge in [0.05, 0.1) is 33.5 Å². The van der Waals surface area contributed by atoms with E-state index >= 15 is 0 Å². The van der Waals surface area contributed by atoms with E-state index in [1.54, 1.807) is 18.2 Å². The number of carboxylic acids is 1. The number of carbonyl (C=O) groups excluding carboxylic acids is 1. The number of aliphatic carboxylic acids is 1. The highest BCUT2D eigenvalue weighted by molar-refractivity contribution is 8.04. The SMILES string of the molecule is C=CCC1(C(=O)O)NC(=O)C2SC(N3CCOCC3)=CC2C1c1ccc(Cl)c(Cl)c1. The lowest BCUT2D eigenvalue weighted by Gasteiger charge is -2.46. The number of thioether (sulfide) groups is 1. The fourth-order valence-corrected chi connectivity index (χ4v) is 6.25. The maximum Gasteiger partial charge on any atom is 0.330 e. The van der Waals surface area contributed by atoms with Crippen molar-refractivity contribution in [2.24, 2.45) is 5.92 Å². The van der Waals surface area contributed by atoms with Gasteiger partial charge < -0.3 is 20.1 Å². The number of halogens is 2. The first-order chi connectivity index (χ1) is 14.4. The van der Waals surface area contributed by atoms with Crippen LogP contribution in [0.4, 0.5) is 0 Å². The highest BCUT2D eigenvalue weighted by atomic mass is 35.5. The molecule has 4 unspecified atom stereocenters. The first-order valence-corrected chi connectivity index (χ1v) is 11.3. The van der Waals surface area contributed by atoms with Gasteiger partial charge >= 0.3 is 5.97 Å². The van der Waals surface area contributed by atoms with Gasteiger partial charge in [-0.2, -0.15) is 0 Å². The van der Waals surface area contributed by atoms with Crippen molar-refractivity contribution in [1.29, 1.82) is 0 Å². The summed E-state index contributed by atoms with van der Waals surface area (Å²) in [4.78, 5) is 27.8. The molecule has 0 aromatic heterocycles. The topological polar surface area (TPSA) is 78.9 Å². The predicted octanol–water partition coefficient (Wildman–Crippen LogP) is 3.51. The van der Waals surface area contributed by atoms with Crippen molar-refractivity contribution in [3.63, 3.8) is 0 Å². The zero-order valence-electron chi connectivity index (χ0n) is 16.1. The largest absolute Gasteiger partial charge is 0.479 e. The number of carbonyl (C=O) groups is 2. The third-order valence-electron chi connectivity index (χ3n) is 5.93. The predicted molar refractivity (Wildman–Crippen MR) is 118 cm³/mol. The van der Waals surface area contributed by atoms with E-state index in [4.69, 9.17) is 27.9 Å². The molecule has 3 aliphatic heterocycles. The highest BCUT2D eigenvalue weighted by Gasteiger charge is 2.58. The molecule has 2 N–H and O–H groups in total. The number of amides is 1. The lowest BCUT2D eigenvalue weighted by Crippen LogP contribution is -2.66. The van der Waals surface area contributed by atoms with Crippen molar-refractivity contribution in [2.45, 2.75) is 23.1 Å². The third kappa shape index (κ3) is 3.62. The summed E-state index contributed by atoms with van der Waals surface area (Å²) in [6.07, 6.45) is 3.68. The second-order valence-electron chi connectivity index (χ2n) is 7.63. The number of fused-ring (bicyclic) bond motifs is 1. The molecule has 3 aliphatic rings. The summed E-state index contributed by atoms with van der Waals surface area (Å²) in [6, 6.07) is 5.16. The first kappa shape index (κ1) is 21.6. The number of rotatable bonds is 5. The van der Waals surface area contributed by atoms with Gasteiger partial charge in [-0.1, -0.05) is 47.1 Å². The maximum absolute atomic E-state index is 13.0. The van der Waals surface area contributed by atoms with Crippen molar-refractivity contribution in [3.05, 3.63) is 57.6 Å². The summed E-state index contributed by atoms with van der Waals surface area (Å²) >= 11 is 13.9. The zero-order valence-corrected chi connectivity index (χ0v) is 18.5. The van der Waals surface area contributed by atoms with Crippen LogP contribution in [0.5, 0.6) is 0 Å². The van der Waals surface area contributed by atoms with Crippen molar-refractivity contribution in [2.75, 3.05) is 26.3 Å². The van der Waals surface area contributed by atoms with Gasteiger partial charge in [0.25, 0.3) is 0 Å². The number of benzene rings is 1. The van der Waals surface area contributed by atoms with E-state index in [1.165, 1.54) is 17.8 Å². The fraction of sp³-hybridized carbons (Fsp3) is 0.429. The van der Waals surface area contributed by atoms with Crippen LogP contribution in [0, 0.1) is 5.92 Å². The van der Waals surface area contributed by atoms with Crippen LogP contribution in [0.1, 0.15) is 17.9 Å². The number of piperidine rings is 1. The highest BCUT2D eigenvalue weighted by Crippen LogP contribution is 2.53. The molecule has 3 heterocycles. The van der Waals surface area contributed by atoms with Crippen molar-refractivity contribution in [1.82, 2.24) is 10.2 Å². The lowest BCUT2D eigenvalue weighted by molar-refractivity contribution is -0.151. The quantitative estimate of drug-likeness (QED) is 0.643. The molecule has 160 valence electrons. The van der Waals surface area contributed by atoms with Gasteiger partial charge in [0.1, 0.15) is 5.54 Å². The number of allylic oxidation sites excluding steroid dienone is 1. The van der Waals surface area contributed by atoms with E-state index in [0.29, 0.717) is 23.3 Å². The Morgan fingerprint density at radius 3 is 2.73 bits per heavy atom. The molecule has 1 aromatic rings. The van der Waals surface area contributed by atoms with E-state index in [0.717, 1.165) is 23.7 Å². The van der Waals surface area contributed by atoms with E-state index in [-0.39, 0.29) is 18.2 Å². The average Bonchev–Trinajstić information content (AvgIpc) is 3.17. The molecule has 2 saturated heterocycles. The van der Waals surface area contributed by atoms with E-state index in [2.05, 4.69) is 16.8 Å². The van der Waals surface area contributed by atoms with Gasteiger partial charge in [0, 0.05) is 24.9 Å². The number of hydrogen-bond acceptors (Lipinski definition) is 5. The number of hydrogen-bond donors (Lipinski definition) is 2. The monoisotopic (exact) mass is 468 g/mol. The first-order valence-electron chi connectivity index (χ1n) is 9.70. The van der Waals surface area contributed by atoms with Gasteiger partial charge in [-0.3, -0.25) is 4.79 Å². The maximum atomic E-state index is 13.0. The normalized spacial score (nSPS) is 31.0. The molecule has 0 bridgehead atoms. The average molecular weight is 469 g/mol. The van der Waals surface area contributed by atoms with Gasteiger partial charge in [-0.25, -0.2) is 4.79 Å². The fourth-order valence-electron chi connectivity index (χ4n) is 4.55. The number of ether oxygens (including phenoxy) is 1. The lowest BCUT2D eigenvalue weighted by atomic mass is 9.66. The minimum absolute atomic E-state index is 0.0909. The summed E-state index contributed by atoms with van der Waals surface area (Å²) in [7, 11) is 0. The summed E-state index contributed by atoms with van der Waals surface area (Å²) in [5.74, 6) is -2.21. The van der Waals surface area contributed by atoms with Crippen LogP contribution in [0.15, 0.2) is 42.0 Å². The molecule has 0 spiro atoms. The molecule has 30 heavy (non-hydrogen) atoms. The van der Waals surface area contributed by atoms with Crippen LogP contribution in [-0.2, 0) is 14.3 Å². The molecule has 1 amide bonds. The smallest absolute Gasteiger partial charge is 0.330 e. The minimum Gasteiger partial charge on any atom is -0.479 e. The molecule has 2 fully saturated rings. The Morgan fingerprint density at radius 1 is 1.37 bits per heavy atom. The zero-order chi connectivity index (χ0) is 21.5. The molecular weight excluding hydrogens is 447 g/mol. The van der Waals surface area contributed by atoms with Crippen LogP contribution in [-0.4, -0.2) is 59.0 Å². The molecule has 9 heteroatoms. The molecule has 0 aliphatic carbocycles. The Bertz CT molecular complexity index is 918. The molecule has 0 saturated carbocycles. The summed E-state index contributed by atoms with van der Waals surface area (Å²) < 4.78 is 5.44. The van der Waals surface area contributed by atoms with Crippen molar-refractivity contribution < 1.29 is 19.4 Å². The molecule has 6 nitrogen and oxygen atoms in total. The van der Waals surface area contributed by atoms with Gasteiger partial charge in [-0.15, -0.1) is 6.58 Å². The molecule has 4 atom stereocenters. The molecular formula is C21H22Cl2N2O4S. The standard InChI is InChI=1S/C21H22Cl2N2O4S/c1-2-5-21(20(27)28)17(12-3-4-14(22)15(23)10-12)13-11-16(25-6-8-29-9-7-25)30-18(13)19(26)24-21/h2-4,10-11,13,17-18H,1,5-9H2,(H,24,26)(H,27,28). The second kappa shape index (κ2) is 8.46. The van der Waals surface area contributed by atoms with Crippen LogP contribution < -0.4 is 5.32 Å². The minimum atomic E-state index is -1.52. The van der Waals surface area contributed by atoms with Crippen LogP contribution in [0.2, 0.25) is 10.0 Å². The molecule has 1 aromatic carbocycles. The molecule has 0 radical (unpaired) electrons. The van der Waals surface area contributed by atoms with Gasteiger partial charge in [-0.05, 0) is 30.2 Å². The van der Waals surface area contributed by atoms with E-state index in [9.17, 15) is 14.7 Å². The second-order valence-corrected chi connectivity index (χ2v) is 9.61. The summed E-state index contributed by atoms with van der Waals surface area (Å²) in [6.45, 7) is 6.48. The number of nitrogens with one attached hydrogen (secondary N) is 1. The number of carboxylic acid groups (broad SMARTS) is 1. The van der Waals surface area contributed by atoms with Gasteiger partial charge in [0.15, 0.2) is 0 Å². The Balaban J connectivity index is 1.82. The number of morpholine rings is 1. The van der Waals surface area contributed by atoms with Crippen molar-refractivity contribution >= 4 is 46.8 Å². The summed E-state index contributed by atoms with van der Waals surface area (Å²) in [5.41, 5.74) is -0.793. The Hall–Kier alpha value is -1.67.